The van der Waals surface area contributed by atoms with Crippen molar-refractivity contribution in [1.82, 2.24) is 9.55 Å². The number of ether oxygens (including phenoxy) is 1. The van der Waals surface area contributed by atoms with Gasteiger partial charge in [-0.3, -0.25) is 4.79 Å². The highest BCUT2D eigenvalue weighted by Gasteiger charge is 2.20. The Balaban J connectivity index is 1.92. The zero-order valence-electron chi connectivity index (χ0n) is 13.2. The first-order valence-electron chi connectivity index (χ1n) is 7.15. The molecule has 6 heteroatoms. The Morgan fingerprint density at radius 1 is 1.26 bits per heavy atom. The molecule has 5 nitrogen and oxygen atoms in total. The number of pyridine rings is 1. The van der Waals surface area contributed by atoms with Gasteiger partial charge in [0.15, 0.2) is 0 Å². The van der Waals surface area contributed by atoms with Gasteiger partial charge in [-0.25, -0.2) is 4.98 Å². The van der Waals surface area contributed by atoms with Crippen LogP contribution in [0.1, 0.15) is 20.8 Å². The molecule has 23 heavy (non-hydrogen) atoms. The minimum absolute atomic E-state index is 0.137. The molecule has 0 aliphatic heterocycles. The molecular formula is C17H17N3O2S. The molecule has 118 valence electrons. The van der Waals surface area contributed by atoms with Gasteiger partial charge in [0, 0.05) is 23.3 Å². The van der Waals surface area contributed by atoms with Crippen LogP contribution in [0.2, 0.25) is 0 Å². The van der Waals surface area contributed by atoms with Crippen molar-refractivity contribution < 1.29 is 9.53 Å². The third-order valence-corrected chi connectivity index (χ3v) is 4.86. The summed E-state index contributed by atoms with van der Waals surface area (Å²) in [5.41, 5.74) is 2.33. The van der Waals surface area contributed by atoms with Crippen molar-refractivity contribution >= 4 is 22.9 Å². The molecule has 3 aromatic rings. The van der Waals surface area contributed by atoms with Gasteiger partial charge in [-0.05, 0) is 37.6 Å². The van der Waals surface area contributed by atoms with Crippen LogP contribution in [0.3, 0.4) is 0 Å². The molecule has 0 spiro atoms. The van der Waals surface area contributed by atoms with E-state index >= 15 is 0 Å². The lowest BCUT2D eigenvalue weighted by Gasteiger charge is -2.08. The van der Waals surface area contributed by atoms with E-state index in [-0.39, 0.29) is 5.91 Å². The summed E-state index contributed by atoms with van der Waals surface area (Å²) in [6, 6.07) is 7.38. The number of carbonyl (C=O) groups excluding carboxylic acids is 1. The number of carbonyl (C=O) groups is 1. The molecule has 0 fully saturated rings. The summed E-state index contributed by atoms with van der Waals surface area (Å²) in [6.07, 6.45) is 5.47. The van der Waals surface area contributed by atoms with Crippen LogP contribution < -0.4 is 10.1 Å². The molecule has 0 saturated heterocycles. The summed E-state index contributed by atoms with van der Waals surface area (Å²) in [6.45, 7) is 4.00. The van der Waals surface area contributed by atoms with E-state index in [1.165, 1.54) is 0 Å². The first kappa shape index (κ1) is 15.3. The second-order valence-corrected chi connectivity index (χ2v) is 6.30. The van der Waals surface area contributed by atoms with Crippen LogP contribution in [0.25, 0.3) is 5.00 Å². The first-order valence-corrected chi connectivity index (χ1v) is 7.96. The minimum atomic E-state index is -0.137. The van der Waals surface area contributed by atoms with Crippen LogP contribution in [-0.4, -0.2) is 22.6 Å². The highest BCUT2D eigenvalue weighted by atomic mass is 32.1. The number of aromatic nitrogens is 2. The number of amides is 1. The third-order valence-electron chi connectivity index (χ3n) is 3.64. The number of anilines is 1. The van der Waals surface area contributed by atoms with Gasteiger partial charge in [0.2, 0.25) is 5.88 Å². The van der Waals surface area contributed by atoms with Crippen LogP contribution in [0.5, 0.6) is 5.88 Å². The van der Waals surface area contributed by atoms with Gasteiger partial charge in [0.25, 0.3) is 5.91 Å². The summed E-state index contributed by atoms with van der Waals surface area (Å²) >= 11 is 1.61. The van der Waals surface area contributed by atoms with Crippen molar-refractivity contribution in [2.45, 2.75) is 13.8 Å². The minimum Gasteiger partial charge on any atom is -0.481 e. The maximum Gasteiger partial charge on any atom is 0.259 e. The zero-order valence-corrected chi connectivity index (χ0v) is 14.0. The monoisotopic (exact) mass is 327 g/mol. The summed E-state index contributed by atoms with van der Waals surface area (Å²) in [7, 11) is 1.56. The number of hydrogen-bond acceptors (Lipinski definition) is 4. The second-order valence-electron chi connectivity index (χ2n) is 5.10. The predicted molar refractivity (Wildman–Crippen MR) is 91.9 cm³/mol. The fourth-order valence-electron chi connectivity index (χ4n) is 2.30. The lowest BCUT2D eigenvalue weighted by Crippen LogP contribution is -2.14. The Morgan fingerprint density at radius 2 is 2.00 bits per heavy atom. The molecule has 0 saturated carbocycles. The van der Waals surface area contributed by atoms with Gasteiger partial charge >= 0.3 is 0 Å². The quantitative estimate of drug-likeness (QED) is 0.793. The van der Waals surface area contributed by atoms with E-state index in [1.807, 2.05) is 42.9 Å². The van der Waals surface area contributed by atoms with Crippen LogP contribution in [-0.2, 0) is 0 Å². The van der Waals surface area contributed by atoms with Crippen LogP contribution in [0.4, 0.5) is 5.69 Å². The topological polar surface area (TPSA) is 56.1 Å². The van der Waals surface area contributed by atoms with Crippen molar-refractivity contribution in [3.63, 3.8) is 0 Å². The lowest BCUT2D eigenvalue weighted by atomic mass is 10.1. The predicted octanol–water partition coefficient (Wildman–Crippen LogP) is 3.81. The van der Waals surface area contributed by atoms with Crippen molar-refractivity contribution in [1.29, 1.82) is 0 Å². The van der Waals surface area contributed by atoms with E-state index in [0.29, 0.717) is 17.1 Å². The Hall–Kier alpha value is -2.60. The van der Waals surface area contributed by atoms with Gasteiger partial charge in [0.05, 0.1) is 24.6 Å². The van der Waals surface area contributed by atoms with Crippen molar-refractivity contribution in [3.05, 3.63) is 58.9 Å². The number of thiophene rings is 1. The van der Waals surface area contributed by atoms with E-state index < -0.39 is 0 Å². The molecule has 0 radical (unpaired) electrons. The van der Waals surface area contributed by atoms with Crippen LogP contribution in [0, 0.1) is 13.8 Å². The summed E-state index contributed by atoms with van der Waals surface area (Å²) < 4.78 is 6.99. The highest BCUT2D eigenvalue weighted by Crippen LogP contribution is 2.31. The number of aryl methyl sites for hydroxylation is 1. The van der Waals surface area contributed by atoms with E-state index in [1.54, 1.807) is 36.8 Å². The van der Waals surface area contributed by atoms with E-state index in [2.05, 4.69) is 10.3 Å². The Labute approximate surface area is 138 Å². The lowest BCUT2D eigenvalue weighted by molar-refractivity contribution is 0.102. The standard InChI is InChI=1S/C17H17N3O2S/c1-11-12(2)23-17(20-8-4-5-9-20)15(11)16(21)19-13-6-7-14(22-3)18-10-13/h4-10H,1-3H3,(H,19,21). The van der Waals surface area contributed by atoms with Gasteiger partial charge in [-0.15, -0.1) is 11.3 Å². The molecule has 3 rings (SSSR count). The molecule has 0 unspecified atom stereocenters. The van der Waals surface area contributed by atoms with Gasteiger partial charge in [-0.1, -0.05) is 0 Å². The normalized spacial score (nSPS) is 10.6. The number of nitrogens with zero attached hydrogens (tertiary/aromatic N) is 2. The van der Waals surface area contributed by atoms with Gasteiger partial charge < -0.3 is 14.6 Å². The largest absolute Gasteiger partial charge is 0.481 e. The Kier molecular flexibility index (Phi) is 4.16. The fraction of sp³-hybridized carbons (Fsp3) is 0.176. The molecule has 0 bridgehead atoms. The number of hydrogen-bond donors (Lipinski definition) is 1. The molecule has 3 aromatic heterocycles. The van der Waals surface area contributed by atoms with E-state index in [4.69, 9.17) is 4.74 Å². The summed E-state index contributed by atoms with van der Waals surface area (Å²) in [5, 5.41) is 3.82. The Bertz CT molecular complexity index is 820. The average Bonchev–Trinajstić information content (AvgIpc) is 3.17. The molecule has 1 amide bonds. The fourth-order valence-corrected chi connectivity index (χ4v) is 3.42. The third kappa shape index (κ3) is 2.98. The first-order chi connectivity index (χ1) is 11.1. The SMILES string of the molecule is COc1ccc(NC(=O)c2c(-n3cccc3)sc(C)c2C)cn1. The van der Waals surface area contributed by atoms with E-state index in [9.17, 15) is 4.79 Å². The van der Waals surface area contributed by atoms with Crippen molar-refractivity contribution in [2.24, 2.45) is 0 Å². The number of methoxy groups -OCH3 is 1. The smallest absolute Gasteiger partial charge is 0.259 e. The van der Waals surface area contributed by atoms with Crippen molar-refractivity contribution in [3.8, 4) is 10.9 Å². The van der Waals surface area contributed by atoms with Crippen LogP contribution in [0.15, 0.2) is 42.9 Å². The number of rotatable bonds is 4. The highest BCUT2D eigenvalue weighted by molar-refractivity contribution is 7.15. The molecule has 0 aliphatic rings. The summed E-state index contributed by atoms with van der Waals surface area (Å²) in [4.78, 5) is 18.0. The van der Waals surface area contributed by atoms with Gasteiger partial charge in [0.1, 0.15) is 5.00 Å². The molecule has 0 aliphatic carbocycles. The van der Waals surface area contributed by atoms with Gasteiger partial charge in [-0.2, -0.15) is 0 Å². The molecular weight excluding hydrogens is 310 g/mol. The van der Waals surface area contributed by atoms with Crippen molar-refractivity contribution in [2.75, 3.05) is 12.4 Å². The zero-order chi connectivity index (χ0) is 16.4. The maximum atomic E-state index is 12.7. The summed E-state index contributed by atoms with van der Waals surface area (Å²) in [5.74, 6) is 0.376. The number of nitrogens with one attached hydrogen (secondary N) is 1. The maximum absolute atomic E-state index is 12.7. The average molecular weight is 327 g/mol. The van der Waals surface area contributed by atoms with Crippen LogP contribution >= 0.6 is 11.3 Å². The second kappa shape index (κ2) is 6.26. The van der Waals surface area contributed by atoms with E-state index in [0.717, 1.165) is 15.4 Å². The molecule has 1 N–H and O–H groups in total. The Morgan fingerprint density at radius 3 is 2.61 bits per heavy atom. The molecule has 3 heterocycles. The molecule has 0 aromatic carbocycles. The molecule has 0 atom stereocenters.